The highest BCUT2D eigenvalue weighted by Crippen LogP contribution is 2.35. The first-order valence-electron chi connectivity index (χ1n) is 11.8. The molecule has 0 unspecified atom stereocenters. The summed E-state index contributed by atoms with van der Waals surface area (Å²) in [5.41, 5.74) is 3.72. The van der Waals surface area contributed by atoms with Crippen LogP contribution in [0, 0.1) is 10.1 Å². The van der Waals surface area contributed by atoms with Crippen LogP contribution in [-0.4, -0.2) is 56.3 Å². The van der Waals surface area contributed by atoms with E-state index in [0.717, 1.165) is 62.6 Å². The first kappa shape index (κ1) is 23.7. The zero-order valence-electron chi connectivity index (χ0n) is 19.6. The molecule has 0 aromatic heterocycles. The fourth-order valence-electron chi connectivity index (χ4n) is 4.47. The van der Waals surface area contributed by atoms with E-state index in [9.17, 15) is 10.1 Å². The van der Waals surface area contributed by atoms with Crippen molar-refractivity contribution < 1.29 is 9.66 Å². The third kappa shape index (κ3) is 5.92. The van der Waals surface area contributed by atoms with Gasteiger partial charge in [0.25, 0.3) is 5.69 Å². The molecule has 0 atom stereocenters. The Bertz CT molecular complexity index is 1020. The van der Waals surface area contributed by atoms with Crippen molar-refractivity contribution in [2.24, 2.45) is 0 Å². The summed E-state index contributed by atoms with van der Waals surface area (Å²) in [6.07, 6.45) is 1.04. The summed E-state index contributed by atoms with van der Waals surface area (Å²) < 4.78 is 5.23. The van der Waals surface area contributed by atoms with Crippen molar-refractivity contribution in [1.29, 1.82) is 0 Å². The topological polar surface area (TPSA) is 70.9 Å². The summed E-state index contributed by atoms with van der Waals surface area (Å²) in [5, 5.41) is 15.4. The van der Waals surface area contributed by atoms with Gasteiger partial charge in [0.15, 0.2) is 0 Å². The molecule has 7 nitrogen and oxygen atoms in total. The van der Waals surface area contributed by atoms with Crippen molar-refractivity contribution in [3.63, 3.8) is 0 Å². The molecule has 0 amide bonds. The van der Waals surface area contributed by atoms with Gasteiger partial charge in [-0.15, -0.1) is 0 Å². The zero-order valence-corrected chi connectivity index (χ0v) is 19.6. The molecule has 1 N–H and O–H groups in total. The Morgan fingerprint density at radius 3 is 2.24 bits per heavy atom. The molecular weight excluding hydrogens is 428 g/mol. The van der Waals surface area contributed by atoms with Gasteiger partial charge < -0.3 is 15.0 Å². The minimum atomic E-state index is -0.311. The standard InChI is InChI=1S/C27H32N4O3/c1-34-20-19-29-15-8-16-30(18-17-29)24-13-14-26(31(32)33)25(21-24)28-27(22-9-4-2-5-10-22)23-11-6-3-7-12-23/h2-7,9-14,21,27-28H,8,15-20H2,1H3. The van der Waals surface area contributed by atoms with Crippen LogP contribution in [0.25, 0.3) is 0 Å². The maximum Gasteiger partial charge on any atom is 0.292 e. The van der Waals surface area contributed by atoms with Gasteiger partial charge in [0, 0.05) is 45.0 Å². The molecule has 1 aliphatic rings. The normalized spacial score (nSPS) is 14.7. The molecule has 0 saturated carbocycles. The predicted molar refractivity (Wildman–Crippen MR) is 137 cm³/mol. The van der Waals surface area contributed by atoms with E-state index in [1.54, 1.807) is 13.2 Å². The SMILES string of the molecule is COCCN1CCCN(c2ccc([N+](=O)[O-])c(NC(c3ccccc3)c3ccccc3)c2)CC1. The predicted octanol–water partition coefficient (Wildman–Crippen LogP) is 4.95. The van der Waals surface area contributed by atoms with Gasteiger partial charge in [0.1, 0.15) is 5.69 Å². The van der Waals surface area contributed by atoms with E-state index in [0.29, 0.717) is 5.69 Å². The van der Waals surface area contributed by atoms with Gasteiger partial charge in [0.05, 0.1) is 17.6 Å². The monoisotopic (exact) mass is 460 g/mol. The van der Waals surface area contributed by atoms with Gasteiger partial charge in [-0.3, -0.25) is 15.0 Å². The second-order valence-corrected chi connectivity index (χ2v) is 8.53. The van der Waals surface area contributed by atoms with Crippen molar-refractivity contribution in [1.82, 2.24) is 4.90 Å². The van der Waals surface area contributed by atoms with Crippen LogP contribution < -0.4 is 10.2 Å². The number of hydrogen-bond donors (Lipinski definition) is 1. The molecule has 1 saturated heterocycles. The van der Waals surface area contributed by atoms with Gasteiger partial charge in [-0.2, -0.15) is 0 Å². The first-order chi connectivity index (χ1) is 16.7. The molecule has 7 heteroatoms. The van der Waals surface area contributed by atoms with Gasteiger partial charge in [0.2, 0.25) is 0 Å². The summed E-state index contributed by atoms with van der Waals surface area (Å²) in [6, 6.07) is 25.3. The van der Waals surface area contributed by atoms with Gasteiger partial charge in [-0.25, -0.2) is 0 Å². The number of ether oxygens (including phenoxy) is 1. The Labute approximate surface area is 201 Å². The van der Waals surface area contributed by atoms with Gasteiger partial charge >= 0.3 is 0 Å². The number of rotatable bonds is 9. The van der Waals surface area contributed by atoms with E-state index >= 15 is 0 Å². The summed E-state index contributed by atoms with van der Waals surface area (Å²) >= 11 is 0. The molecule has 3 aromatic carbocycles. The Morgan fingerprint density at radius 2 is 1.62 bits per heavy atom. The van der Waals surface area contributed by atoms with E-state index in [1.807, 2.05) is 72.8 Å². The lowest BCUT2D eigenvalue weighted by molar-refractivity contribution is -0.384. The lowest BCUT2D eigenvalue weighted by Crippen LogP contribution is -2.32. The highest BCUT2D eigenvalue weighted by Gasteiger charge is 2.22. The minimum absolute atomic E-state index is 0.0807. The quantitative estimate of drug-likeness (QED) is 0.360. The first-order valence-corrected chi connectivity index (χ1v) is 11.8. The number of hydrogen-bond acceptors (Lipinski definition) is 6. The minimum Gasteiger partial charge on any atom is -0.383 e. The maximum absolute atomic E-state index is 11.9. The Balaban J connectivity index is 1.62. The molecule has 1 fully saturated rings. The number of nitrogens with one attached hydrogen (secondary N) is 1. The molecule has 3 aromatic rings. The largest absolute Gasteiger partial charge is 0.383 e. The number of methoxy groups -OCH3 is 1. The van der Waals surface area contributed by atoms with Gasteiger partial charge in [-0.1, -0.05) is 60.7 Å². The second kappa shape index (κ2) is 11.6. The summed E-state index contributed by atoms with van der Waals surface area (Å²) in [6.45, 7) is 5.42. The molecule has 0 aliphatic carbocycles. The summed E-state index contributed by atoms with van der Waals surface area (Å²) in [7, 11) is 1.73. The van der Waals surface area contributed by atoms with E-state index in [-0.39, 0.29) is 16.7 Å². The lowest BCUT2D eigenvalue weighted by atomic mass is 9.98. The third-order valence-corrected chi connectivity index (χ3v) is 6.31. The molecule has 0 bridgehead atoms. The van der Waals surface area contributed by atoms with Crippen molar-refractivity contribution in [3.05, 3.63) is 100 Å². The third-order valence-electron chi connectivity index (χ3n) is 6.31. The van der Waals surface area contributed by atoms with Crippen LogP contribution in [0.1, 0.15) is 23.6 Å². The number of nitro groups is 1. The molecule has 1 aliphatic heterocycles. The number of anilines is 2. The summed E-state index contributed by atoms with van der Waals surface area (Å²) in [5.74, 6) is 0. The van der Waals surface area contributed by atoms with Crippen molar-refractivity contribution in [3.8, 4) is 0 Å². The fourth-order valence-corrected chi connectivity index (χ4v) is 4.47. The van der Waals surface area contributed by atoms with Gasteiger partial charge in [-0.05, 0) is 36.2 Å². The van der Waals surface area contributed by atoms with Crippen LogP contribution in [0.2, 0.25) is 0 Å². The Morgan fingerprint density at radius 1 is 0.941 bits per heavy atom. The van der Waals surface area contributed by atoms with Crippen molar-refractivity contribution in [2.75, 3.05) is 56.7 Å². The van der Waals surface area contributed by atoms with E-state index in [1.165, 1.54) is 0 Å². The van der Waals surface area contributed by atoms with Crippen LogP contribution >= 0.6 is 0 Å². The number of nitro benzene ring substituents is 1. The molecular formula is C27H32N4O3. The molecule has 1 heterocycles. The van der Waals surface area contributed by atoms with E-state index in [4.69, 9.17) is 4.74 Å². The highest BCUT2D eigenvalue weighted by atomic mass is 16.6. The van der Waals surface area contributed by atoms with E-state index < -0.39 is 0 Å². The number of nitrogens with zero attached hydrogens (tertiary/aromatic N) is 3. The van der Waals surface area contributed by atoms with Crippen molar-refractivity contribution in [2.45, 2.75) is 12.5 Å². The molecule has 178 valence electrons. The molecule has 0 spiro atoms. The zero-order chi connectivity index (χ0) is 23.8. The second-order valence-electron chi connectivity index (χ2n) is 8.53. The van der Waals surface area contributed by atoms with Crippen LogP contribution in [0.3, 0.4) is 0 Å². The van der Waals surface area contributed by atoms with Crippen LogP contribution in [-0.2, 0) is 4.74 Å². The average molecular weight is 461 g/mol. The fraction of sp³-hybridized carbons (Fsp3) is 0.333. The van der Waals surface area contributed by atoms with Crippen molar-refractivity contribution >= 4 is 17.1 Å². The van der Waals surface area contributed by atoms with Crippen LogP contribution in [0.4, 0.5) is 17.1 Å². The van der Waals surface area contributed by atoms with E-state index in [2.05, 4.69) is 15.1 Å². The number of benzene rings is 3. The van der Waals surface area contributed by atoms with Crippen LogP contribution in [0.5, 0.6) is 0 Å². The molecule has 34 heavy (non-hydrogen) atoms. The lowest BCUT2D eigenvalue weighted by Gasteiger charge is -2.25. The Hall–Kier alpha value is -3.42. The van der Waals surface area contributed by atoms with Crippen LogP contribution in [0.15, 0.2) is 78.9 Å². The molecule has 4 rings (SSSR count). The highest BCUT2D eigenvalue weighted by molar-refractivity contribution is 5.70. The summed E-state index contributed by atoms with van der Waals surface area (Å²) in [4.78, 5) is 16.3. The maximum atomic E-state index is 11.9. The Kier molecular flexibility index (Phi) is 8.12. The average Bonchev–Trinajstić information content (AvgIpc) is 3.12. The molecule has 0 radical (unpaired) electrons. The smallest absolute Gasteiger partial charge is 0.292 e.